The minimum Gasteiger partial charge on any atom is -0.508 e. The van der Waals surface area contributed by atoms with Crippen LogP contribution < -0.4 is 10.1 Å². The molecule has 1 atom stereocenters. The summed E-state index contributed by atoms with van der Waals surface area (Å²) >= 11 is 0. The van der Waals surface area contributed by atoms with E-state index in [1.807, 2.05) is 35.2 Å². The Bertz CT molecular complexity index is 784. The van der Waals surface area contributed by atoms with E-state index in [1.165, 1.54) is 12.1 Å². The number of rotatable bonds is 6. The van der Waals surface area contributed by atoms with E-state index in [9.17, 15) is 14.7 Å². The van der Waals surface area contributed by atoms with Crippen molar-refractivity contribution in [2.45, 2.75) is 38.3 Å². The Morgan fingerprint density at radius 1 is 1.11 bits per heavy atom. The van der Waals surface area contributed by atoms with Gasteiger partial charge in [-0.15, -0.1) is 0 Å². The summed E-state index contributed by atoms with van der Waals surface area (Å²) in [5.74, 6) is 0.627. The molecule has 1 saturated heterocycles. The number of carbonyl (C=O) groups is 2. The highest BCUT2D eigenvalue weighted by Gasteiger charge is 2.25. The van der Waals surface area contributed by atoms with Crippen LogP contribution in [0.2, 0.25) is 0 Å². The molecular weight excluding hydrogens is 356 g/mol. The number of benzene rings is 2. The Morgan fingerprint density at radius 3 is 2.39 bits per heavy atom. The third kappa shape index (κ3) is 5.49. The molecule has 0 radical (unpaired) electrons. The minimum absolute atomic E-state index is 0.0409. The number of hydrogen-bond donors (Lipinski definition) is 2. The summed E-state index contributed by atoms with van der Waals surface area (Å²) in [6.45, 7) is 2.98. The first kappa shape index (κ1) is 19.7. The topological polar surface area (TPSA) is 78.9 Å². The van der Waals surface area contributed by atoms with Gasteiger partial charge in [0.1, 0.15) is 11.5 Å². The van der Waals surface area contributed by atoms with Gasteiger partial charge in [-0.2, -0.15) is 0 Å². The van der Waals surface area contributed by atoms with Crippen molar-refractivity contribution in [1.82, 2.24) is 10.2 Å². The van der Waals surface area contributed by atoms with E-state index in [0.717, 1.165) is 18.4 Å². The number of amides is 2. The number of ether oxygens (including phenoxy) is 1. The highest BCUT2D eigenvalue weighted by Crippen LogP contribution is 2.18. The van der Waals surface area contributed by atoms with Crippen LogP contribution in [0.15, 0.2) is 54.6 Å². The number of piperidine rings is 1. The molecule has 1 aliphatic rings. The lowest BCUT2D eigenvalue weighted by Crippen LogP contribution is -2.49. The highest BCUT2D eigenvalue weighted by atomic mass is 16.5. The highest BCUT2D eigenvalue weighted by molar-refractivity contribution is 5.81. The van der Waals surface area contributed by atoms with Gasteiger partial charge in [0.25, 0.3) is 5.91 Å². The first-order valence-electron chi connectivity index (χ1n) is 9.59. The van der Waals surface area contributed by atoms with Gasteiger partial charge >= 0.3 is 0 Å². The number of nitrogens with one attached hydrogen (secondary N) is 1. The summed E-state index contributed by atoms with van der Waals surface area (Å²) in [6.07, 6.45) is 1.24. The minimum atomic E-state index is -0.637. The monoisotopic (exact) mass is 382 g/mol. The standard InChI is InChI=1S/C22H26N2O4/c1-16(28-20-9-7-19(25)8-10-20)22(27)23-18-11-13-24(14-12-18)21(26)15-17-5-3-2-4-6-17/h2-10,16,18,25H,11-15H2,1H3,(H,23,27). The van der Waals surface area contributed by atoms with Crippen LogP contribution in [0, 0.1) is 0 Å². The van der Waals surface area contributed by atoms with E-state index >= 15 is 0 Å². The molecule has 1 fully saturated rings. The number of nitrogens with zero attached hydrogens (tertiary/aromatic N) is 1. The maximum atomic E-state index is 12.4. The molecule has 6 nitrogen and oxygen atoms in total. The average molecular weight is 382 g/mol. The molecule has 0 aliphatic carbocycles. The number of phenols is 1. The Balaban J connectivity index is 1.42. The van der Waals surface area contributed by atoms with E-state index in [0.29, 0.717) is 25.3 Å². The van der Waals surface area contributed by atoms with Crippen molar-refractivity contribution in [2.75, 3.05) is 13.1 Å². The van der Waals surface area contributed by atoms with Crippen LogP contribution in [-0.4, -0.2) is 47.1 Å². The van der Waals surface area contributed by atoms with Crippen molar-refractivity contribution in [3.05, 3.63) is 60.2 Å². The van der Waals surface area contributed by atoms with Crippen LogP contribution in [0.3, 0.4) is 0 Å². The Hall–Kier alpha value is -3.02. The second-order valence-corrected chi connectivity index (χ2v) is 7.08. The van der Waals surface area contributed by atoms with Gasteiger partial charge in [-0.1, -0.05) is 30.3 Å². The largest absolute Gasteiger partial charge is 0.508 e. The maximum Gasteiger partial charge on any atom is 0.260 e. The second-order valence-electron chi connectivity index (χ2n) is 7.08. The van der Waals surface area contributed by atoms with Gasteiger partial charge in [-0.25, -0.2) is 0 Å². The molecule has 2 aromatic rings. The zero-order valence-corrected chi connectivity index (χ0v) is 16.0. The second kappa shape index (κ2) is 9.26. The van der Waals surface area contributed by atoms with Gasteiger partial charge < -0.3 is 20.1 Å². The lowest BCUT2D eigenvalue weighted by atomic mass is 10.0. The van der Waals surface area contributed by atoms with E-state index in [4.69, 9.17) is 4.74 Å². The van der Waals surface area contributed by atoms with Crippen molar-refractivity contribution < 1.29 is 19.4 Å². The summed E-state index contributed by atoms with van der Waals surface area (Å²) in [5, 5.41) is 12.3. The van der Waals surface area contributed by atoms with Crippen molar-refractivity contribution in [3.63, 3.8) is 0 Å². The van der Waals surface area contributed by atoms with Crippen LogP contribution in [0.4, 0.5) is 0 Å². The fraction of sp³-hybridized carbons (Fsp3) is 0.364. The van der Waals surface area contributed by atoms with Gasteiger partial charge in [0.2, 0.25) is 5.91 Å². The Labute approximate surface area is 165 Å². The van der Waals surface area contributed by atoms with Crippen LogP contribution in [-0.2, 0) is 16.0 Å². The number of carbonyl (C=O) groups excluding carboxylic acids is 2. The molecule has 1 aliphatic heterocycles. The van der Waals surface area contributed by atoms with Crippen LogP contribution in [0.5, 0.6) is 11.5 Å². The molecule has 148 valence electrons. The molecule has 0 spiro atoms. The zero-order valence-electron chi connectivity index (χ0n) is 16.0. The SMILES string of the molecule is CC(Oc1ccc(O)cc1)C(=O)NC1CCN(C(=O)Cc2ccccc2)CC1. The van der Waals surface area contributed by atoms with Crippen LogP contribution in [0.25, 0.3) is 0 Å². The van der Waals surface area contributed by atoms with Gasteiger partial charge in [-0.3, -0.25) is 9.59 Å². The fourth-order valence-corrected chi connectivity index (χ4v) is 3.26. The van der Waals surface area contributed by atoms with E-state index in [1.54, 1.807) is 19.1 Å². The van der Waals surface area contributed by atoms with Crippen molar-refractivity contribution in [3.8, 4) is 11.5 Å². The smallest absolute Gasteiger partial charge is 0.260 e. The molecule has 0 aromatic heterocycles. The summed E-state index contributed by atoms with van der Waals surface area (Å²) in [4.78, 5) is 26.7. The first-order chi connectivity index (χ1) is 13.5. The quantitative estimate of drug-likeness (QED) is 0.805. The number of likely N-dealkylation sites (tertiary alicyclic amines) is 1. The summed E-state index contributed by atoms with van der Waals surface area (Å²) in [6, 6.07) is 16.0. The average Bonchev–Trinajstić information content (AvgIpc) is 2.71. The lowest BCUT2D eigenvalue weighted by Gasteiger charge is -2.33. The summed E-state index contributed by atoms with van der Waals surface area (Å²) < 4.78 is 5.61. The summed E-state index contributed by atoms with van der Waals surface area (Å²) in [7, 11) is 0. The molecule has 28 heavy (non-hydrogen) atoms. The molecule has 0 bridgehead atoms. The third-order valence-electron chi connectivity index (χ3n) is 4.91. The lowest BCUT2D eigenvalue weighted by molar-refractivity contribution is -0.132. The molecule has 3 rings (SSSR count). The van der Waals surface area contributed by atoms with Crippen molar-refractivity contribution >= 4 is 11.8 Å². The predicted molar refractivity (Wildman–Crippen MR) is 106 cm³/mol. The van der Waals surface area contributed by atoms with Crippen LogP contribution >= 0.6 is 0 Å². The van der Waals surface area contributed by atoms with Gasteiger partial charge in [0.05, 0.1) is 6.42 Å². The molecule has 1 unspecified atom stereocenters. The van der Waals surface area contributed by atoms with Gasteiger partial charge in [0.15, 0.2) is 6.10 Å². The van der Waals surface area contributed by atoms with E-state index in [-0.39, 0.29) is 23.6 Å². The molecule has 6 heteroatoms. The van der Waals surface area contributed by atoms with E-state index in [2.05, 4.69) is 5.32 Å². The maximum absolute atomic E-state index is 12.4. The zero-order chi connectivity index (χ0) is 19.9. The number of aromatic hydroxyl groups is 1. The molecule has 1 heterocycles. The molecule has 2 N–H and O–H groups in total. The Kier molecular flexibility index (Phi) is 6.53. The van der Waals surface area contributed by atoms with Gasteiger partial charge in [-0.05, 0) is 49.6 Å². The first-order valence-corrected chi connectivity index (χ1v) is 9.59. The molecule has 2 aromatic carbocycles. The summed E-state index contributed by atoms with van der Waals surface area (Å²) in [5.41, 5.74) is 1.02. The third-order valence-corrected chi connectivity index (χ3v) is 4.91. The van der Waals surface area contributed by atoms with Crippen LogP contribution in [0.1, 0.15) is 25.3 Å². The van der Waals surface area contributed by atoms with E-state index < -0.39 is 6.10 Å². The van der Waals surface area contributed by atoms with Gasteiger partial charge in [0, 0.05) is 19.1 Å². The normalized spacial score (nSPS) is 15.7. The molecule has 2 amide bonds. The number of hydrogen-bond acceptors (Lipinski definition) is 4. The molecule has 0 saturated carbocycles. The Morgan fingerprint density at radius 2 is 1.75 bits per heavy atom. The number of phenolic OH excluding ortho intramolecular Hbond substituents is 1. The predicted octanol–water partition coefficient (Wildman–Crippen LogP) is 2.51. The van der Waals surface area contributed by atoms with Crippen molar-refractivity contribution in [1.29, 1.82) is 0 Å². The van der Waals surface area contributed by atoms with Crippen molar-refractivity contribution in [2.24, 2.45) is 0 Å². The molecular formula is C22H26N2O4. The fourth-order valence-electron chi connectivity index (χ4n) is 3.26.